The lowest BCUT2D eigenvalue weighted by atomic mass is 10.1. The van der Waals surface area contributed by atoms with E-state index in [4.69, 9.17) is 11.6 Å². The highest BCUT2D eigenvalue weighted by molar-refractivity contribution is 6.30. The van der Waals surface area contributed by atoms with Crippen molar-refractivity contribution in [2.24, 2.45) is 5.92 Å². The SMILES string of the molecule is CC(C)CCNc1cc(NCCc2ccc(Cl)cc2)ncn1. The number of hydrogen-bond donors (Lipinski definition) is 2. The number of hydrogen-bond acceptors (Lipinski definition) is 4. The van der Waals surface area contributed by atoms with E-state index >= 15 is 0 Å². The van der Waals surface area contributed by atoms with Crippen molar-refractivity contribution in [3.05, 3.63) is 47.2 Å². The van der Waals surface area contributed by atoms with Crippen LogP contribution in [0.25, 0.3) is 0 Å². The van der Waals surface area contributed by atoms with Crippen LogP contribution in [0.3, 0.4) is 0 Å². The van der Waals surface area contributed by atoms with Gasteiger partial charge in [0.2, 0.25) is 0 Å². The first-order valence-corrected chi connectivity index (χ1v) is 8.05. The zero-order chi connectivity index (χ0) is 15.8. The molecule has 0 aliphatic rings. The Balaban J connectivity index is 1.78. The monoisotopic (exact) mass is 318 g/mol. The Kier molecular flexibility index (Phi) is 6.46. The summed E-state index contributed by atoms with van der Waals surface area (Å²) in [5.74, 6) is 2.40. The molecule has 0 aliphatic heterocycles. The Bertz CT molecular complexity index is 569. The van der Waals surface area contributed by atoms with E-state index in [0.29, 0.717) is 5.92 Å². The second-order valence-corrected chi connectivity index (χ2v) is 6.14. The summed E-state index contributed by atoms with van der Waals surface area (Å²) < 4.78 is 0. The molecule has 22 heavy (non-hydrogen) atoms. The van der Waals surface area contributed by atoms with E-state index < -0.39 is 0 Å². The normalized spacial score (nSPS) is 10.7. The molecule has 4 nitrogen and oxygen atoms in total. The van der Waals surface area contributed by atoms with Gasteiger partial charge < -0.3 is 10.6 Å². The molecule has 118 valence electrons. The van der Waals surface area contributed by atoms with Crippen LogP contribution in [0.1, 0.15) is 25.8 Å². The van der Waals surface area contributed by atoms with E-state index in [0.717, 1.165) is 42.6 Å². The van der Waals surface area contributed by atoms with Crippen LogP contribution in [0.5, 0.6) is 0 Å². The van der Waals surface area contributed by atoms with Crippen LogP contribution in [0.2, 0.25) is 5.02 Å². The topological polar surface area (TPSA) is 49.8 Å². The van der Waals surface area contributed by atoms with Gasteiger partial charge in [0.1, 0.15) is 18.0 Å². The number of aromatic nitrogens is 2. The van der Waals surface area contributed by atoms with Crippen molar-refractivity contribution in [3.63, 3.8) is 0 Å². The summed E-state index contributed by atoms with van der Waals surface area (Å²) in [7, 11) is 0. The van der Waals surface area contributed by atoms with Crippen LogP contribution in [-0.2, 0) is 6.42 Å². The number of anilines is 2. The Morgan fingerprint density at radius 2 is 1.64 bits per heavy atom. The van der Waals surface area contributed by atoms with Gasteiger partial charge in [0.05, 0.1) is 0 Å². The molecule has 2 N–H and O–H groups in total. The highest BCUT2D eigenvalue weighted by atomic mass is 35.5. The van der Waals surface area contributed by atoms with Gasteiger partial charge in [-0.3, -0.25) is 0 Å². The van der Waals surface area contributed by atoms with Gasteiger partial charge in [0.15, 0.2) is 0 Å². The lowest BCUT2D eigenvalue weighted by molar-refractivity contribution is 0.606. The van der Waals surface area contributed by atoms with Crippen LogP contribution in [0.15, 0.2) is 36.7 Å². The molecule has 0 spiro atoms. The van der Waals surface area contributed by atoms with Gasteiger partial charge in [-0.1, -0.05) is 37.6 Å². The number of halogens is 1. The molecule has 2 rings (SSSR count). The first-order chi connectivity index (χ1) is 10.6. The van der Waals surface area contributed by atoms with Gasteiger partial charge in [-0.2, -0.15) is 0 Å². The van der Waals surface area contributed by atoms with Crippen LogP contribution >= 0.6 is 11.6 Å². The summed E-state index contributed by atoms with van der Waals surface area (Å²) in [6.45, 7) is 6.18. The predicted molar refractivity (Wildman–Crippen MR) is 93.6 cm³/mol. The molecule has 1 heterocycles. The fraction of sp³-hybridized carbons (Fsp3) is 0.412. The van der Waals surface area contributed by atoms with E-state index in [9.17, 15) is 0 Å². The molecule has 0 unspecified atom stereocenters. The molecule has 0 radical (unpaired) electrons. The summed E-state index contributed by atoms with van der Waals surface area (Å²) in [6, 6.07) is 9.87. The Labute approximate surface area is 137 Å². The van der Waals surface area contributed by atoms with Crippen molar-refractivity contribution in [1.82, 2.24) is 9.97 Å². The van der Waals surface area contributed by atoms with Crippen molar-refractivity contribution in [3.8, 4) is 0 Å². The van der Waals surface area contributed by atoms with E-state index in [1.807, 2.05) is 30.3 Å². The molecule has 2 aromatic rings. The molecule has 1 aromatic heterocycles. The van der Waals surface area contributed by atoms with Crippen molar-refractivity contribution in [1.29, 1.82) is 0 Å². The first kappa shape index (κ1) is 16.6. The predicted octanol–water partition coefficient (Wildman–Crippen LogP) is 4.24. The van der Waals surface area contributed by atoms with E-state index in [-0.39, 0.29) is 0 Å². The maximum atomic E-state index is 5.88. The third-order valence-corrected chi connectivity index (χ3v) is 3.58. The van der Waals surface area contributed by atoms with E-state index in [1.165, 1.54) is 5.56 Å². The third-order valence-electron chi connectivity index (χ3n) is 3.33. The average molecular weight is 319 g/mol. The summed E-state index contributed by atoms with van der Waals surface area (Å²) in [4.78, 5) is 8.48. The zero-order valence-corrected chi connectivity index (χ0v) is 13.9. The standard InChI is InChI=1S/C17H23ClN4/c1-13(2)7-9-19-16-11-17(22-12-21-16)20-10-8-14-3-5-15(18)6-4-14/h3-6,11-13H,7-10H2,1-2H3,(H2,19,20,21,22). The van der Waals surface area contributed by atoms with Gasteiger partial charge in [0.25, 0.3) is 0 Å². The van der Waals surface area contributed by atoms with Crippen LogP contribution in [-0.4, -0.2) is 23.1 Å². The molecule has 0 saturated heterocycles. The summed E-state index contributed by atoms with van der Waals surface area (Å²) >= 11 is 5.88. The van der Waals surface area contributed by atoms with E-state index in [2.05, 4.69) is 34.4 Å². The highest BCUT2D eigenvalue weighted by Gasteiger charge is 2.00. The molecule has 0 fully saturated rings. The third kappa shape index (κ3) is 5.90. The van der Waals surface area contributed by atoms with Gasteiger partial charge in [-0.15, -0.1) is 0 Å². The van der Waals surface area contributed by atoms with E-state index in [1.54, 1.807) is 6.33 Å². The number of nitrogens with one attached hydrogen (secondary N) is 2. The molecular formula is C17H23ClN4. The zero-order valence-electron chi connectivity index (χ0n) is 13.1. The van der Waals surface area contributed by atoms with Crippen molar-refractivity contribution < 1.29 is 0 Å². The Hall–Kier alpha value is -1.81. The van der Waals surface area contributed by atoms with Gasteiger partial charge in [-0.25, -0.2) is 9.97 Å². The fourth-order valence-corrected chi connectivity index (χ4v) is 2.15. The van der Waals surface area contributed by atoms with Gasteiger partial charge in [0, 0.05) is 24.2 Å². The van der Waals surface area contributed by atoms with Crippen molar-refractivity contribution >= 4 is 23.2 Å². The molecule has 0 amide bonds. The number of benzene rings is 1. The maximum absolute atomic E-state index is 5.88. The number of rotatable bonds is 8. The quantitative estimate of drug-likeness (QED) is 0.764. The number of nitrogens with zero attached hydrogens (tertiary/aromatic N) is 2. The minimum Gasteiger partial charge on any atom is -0.370 e. The Morgan fingerprint density at radius 1 is 1.00 bits per heavy atom. The van der Waals surface area contributed by atoms with Crippen molar-refractivity contribution in [2.45, 2.75) is 26.7 Å². The molecule has 0 aliphatic carbocycles. The van der Waals surface area contributed by atoms with Crippen molar-refractivity contribution in [2.75, 3.05) is 23.7 Å². The Morgan fingerprint density at radius 3 is 2.27 bits per heavy atom. The average Bonchev–Trinajstić information content (AvgIpc) is 2.49. The molecule has 5 heteroatoms. The summed E-state index contributed by atoms with van der Waals surface area (Å²) in [5, 5.41) is 7.42. The first-order valence-electron chi connectivity index (χ1n) is 7.67. The molecule has 1 aromatic carbocycles. The van der Waals surface area contributed by atoms with Crippen LogP contribution < -0.4 is 10.6 Å². The second-order valence-electron chi connectivity index (χ2n) is 5.70. The fourth-order valence-electron chi connectivity index (χ4n) is 2.03. The maximum Gasteiger partial charge on any atom is 0.131 e. The summed E-state index contributed by atoms with van der Waals surface area (Å²) in [6.07, 6.45) is 3.64. The second kappa shape index (κ2) is 8.59. The minimum absolute atomic E-state index is 0.686. The lowest BCUT2D eigenvalue weighted by Crippen LogP contribution is -2.09. The minimum atomic E-state index is 0.686. The lowest BCUT2D eigenvalue weighted by Gasteiger charge is -2.09. The molecule has 0 saturated carbocycles. The molecule has 0 bridgehead atoms. The van der Waals surface area contributed by atoms with Gasteiger partial charge in [-0.05, 0) is 36.5 Å². The summed E-state index contributed by atoms with van der Waals surface area (Å²) in [5.41, 5.74) is 1.25. The smallest absolute Gasteiger partial charge is 0.131 e. The largest absolute Gasteiger partial charge is 0.370 e. The molecular weight excluding hydrogens is 296 g/mol. The molecule has 0 atom stereocenters. The van der Waals surface area contributed by atoms with Crippen LogP contribution in [0, 0.1) is 5.92 Å². The highest BCUT2D eigenvalue weighted by Crippen LogP contribution is 2.12. The van der Waals surface area contributed by atoms with Crippen LogP contribution in [0.4, 0.5) is 11.6 Å². The van der Waals surface area contributed by atoms with Gasteiger partial charge >= 0.3 is 0 Å².